The molecule has 0 aliphatic heterocycles. The molecule has 2 aromatic carbocycles. The first-order valence-electron chi connectivity index (χ1n) is 4.85. The topological polar surface area (TPSA) is 20.2 Å². The van der Waals surface area contributed by atoms with Crippen LogP contribution in [0.25, 0.3) is 0 Å². The standard InChI is InChI=1S/C13H10BrClO/c14-11-6-4-9(5-7-11)13(15)10-2-1-3-12(16)8-10/h1-8,13,16H. The molecule has 3 heteroatoms. The first-order valence-corrected chi connectivity index (χ1v) is 6.08. The van der Waals surface area contributed by atoms with Crippen LogP contribution in [0.15, 0.2) is 53.0 Å². The molecule has 0 aliphatic carbocycles. The zero-order valence-corrected chi connectivity index (χ0v) is 10.7. The SMILES string of the molecule is Oc1cccc(C(Cl)c2ccc(Br)cc2)c1. The van der Waals surface area contributed by atoms with E-state index in [1.54, 1.807) is 18.2 Å². The van der Waals surface area contributed by atoms with Gasteiger partial charge in [-0.15, -0.1) is 11.6 Å². The summed E-state index contributed by atoms with van der Waals surface area (Å²) in [5.41, 5.74) is 1.90. The molecule has 16 heavy (non-hydrogen) atoms. The Kier molecular flexibility index (Phi) is 3.52. The van der Waals surface area contributed by atoms with Crippen molar-refractivity contribution in [3.8, 4) is 5.75 Å². The van der Waals surface area contributed by atoms with Crippen LogP contribution in [0.5, 0.6) is 5.75 Å². The van der Waals surface area contributed by atoms with Crippen molar-refractivity contribution in [3.05, 3.63) is 64.1 Å². The predicted molar refractivity (Wildman–Crippen MR) is 69.9 cm³/mol. The maximum atomic E-state index is 9.39. The van der Waals surface area contributed by atoms with Gasteiger partial charge in [0, 0.05) is 4.47 Å². The van der Waals surface area contributed by atoms with Gasteiger partial charge in [-0.2, -0.15) is 0 Å². The number of hydrogen-bond donors (Lipinski definition) is 1. The van der Waals surface area contributed by atoms with E-state index in [-0.39, 0.29) is 11.1 Å². The minimum atomic E-state index is -0.236. The van der Waals surface area contributed by atoms with Crippen molar-refractivity contribution in [1.82, 2.24) is 0 Å². The van der Waals surface area contributed by atoms with Gasteiger partial charge in [0.05, 0.1) is 5.38 Å². The number of aromatic hydroxyl groups is 1. The minimum absolute atomic E-state index is 0.236. The molecule has 1 N–H and O–H groups in total. The van der Waals surface area contributed by atoms with Crippen molar-refractivity contribution in [3.63, 3.8) is 0 Å². The van der Waals surface area contributed by atoms with Gasteiger partial charge in [0.15, 0.2) is 0 Å². The van der Waals surface area contributed by atoms with Gasteiger partial charge in [0.25, 0.3) is 0 Å². The lowest BCUT2D eigenvalue weighted by Crippen LogP contribution is -1.92. The molecule has 1 atom stereocenters. The summed E-state index contributed by atoms with van der Waals surface area (Å²) in [4.78, 5) is 0. The molecule has 0 saturated carbocycles. The van der Waals surface area contributed by atoms with Gasteiger partial charge in [0.2, 0.25) is 0 Å². The Bertz CT molecular complexity index is 482. The van der Waals surface area contributed by atoms with Gasteiger partial charge in [-0.1, -0.05) is 40.2 Å². The van der Waals surface area contributed by atoms with Crippen molar-refractivity contribution >= 4 is 27.5 Å². The second kappa shape index (κ2) is 4.89. The van der Waals surface area contributed by atoms with E-state index in [9.17, 15) is 5.11 Å². The van der Waals surface area contributed by atoms with Crippen molar-refractivity contribution in [1.29, 1.82) is 0 Å². The van der Waals surface area contributed by atoms with E-state index in [1.165, 1.54) is 0 Å². The van der Waals surface area contributed by atoms with Crippen LogP contribution >= 0.6 is 27.5 Å². The molecule has 1 nitrogen and oxygen atoms in total. The highest BCUT2D eigenvalue weighted by Crippen LogP contribution is 2.30. The number of phenols is 1. The van der Waals surface area contributed by atoms with Crippen LogP contribution in [0.1, 0.15) is 16.5 Å². The number of alkyl halides is 1. The lowest BCUT2D eigenvalue weighted by Gasteiger charge is -2.10. The van der Waals surface area contributed by atoms with E-state index in [0.29, 0.717) is 0 Å². The first-order chi connectivity index (χ1) is 7.66. The number of rotatable bonds is 2. The highest BCUT2D eigenvalue weighted by Gasteiger charge is 2.10. The van der Waals surface area contributed by atoms with Crippen LogP contribution in [-0.4, -0.2) is 5.11 Å². The minimum Gasteiger partial charge on any atom is -0.508 e. The summed E-state index contributed by atoms with van der Waals surface area (Å²) in [6.45, 7) is 0. The Morgan fingerprint density at radius 3 is 2.31 bits per heavy atom. The molecule has 0 saturated heterocycles. The van der Waals surface area contributed by atoms with E-state index in [1.807, 2.05) is 30.3 Å². The summed E-state index contributed by atoms with van der Waals surface area (Å²) >= 11 is 9.71. The Morgan fingerprint density at radius 2 is 1.69 bits per heavy atom. The average molecular weight is 298 g/mol. The molecule has 0 fully saturated rings. The van der Waals surface area contributed by atoms with Crippen molar-refractivity contribution in [2.24, 2.45) is 0 Å². The van der Waals surface area contributed by atoms with Crippen LogP contribution in [0.3, 0.4) is 0 Å². The maximum absolute atomic E-state index is 9.39. The Labute approximate surface area is 108 Å². The third-order valence-corrected chi connectivity index (χ3v) is 3.36. The summed E-state index contributed by atoms with van der Waals surface area (Å²) in [6.07, 6.45) is 0. The molecule has 2 aromatic rings. The fourth-order valence-corrected chi connectivity index (χ4v) is 2.05. The van der Waals surface area contributed by atoms with Crippen LogP contribution in [0.4, 0.5) is 0 Å². The van der Waals surface area contributed by atoms with Crippen LogP contribution in [0, 0.1) is 0 Å². The van der Waals surface area contributed by atoms with Gasteiger partial charge in [-0.25, -0.2) is 0 Å². The second-order valence-corrected chi connectivity index (χ2v) is 4.86. The summed E-state index contributed by atoms with van der Waals surface area (Å²) in [6, 6.07) is 14.8. The number of halogens is 2. The molecule has 0 amide bonds. The third-order valence-electron chi connectivity index (χ3n) is 2.33. The summed E-state index contributed by atoms with van der Waals surface area (Å²) in [5, 5.41) is 9.15. The van der Waals surface area contributed by atoms with Gasteiger partial charge < -0.3 is 5.11 Å². The lowest BCUT2D eigenvalue weighted by atomic mass is 10.0. The normalized spacial score (nSPS) is 12.4. The summed E-state index contributed by atoms with van der Waals surface area (Å²) < 4.78 is 1.02. The molecule has 0 aromatic heterocycles. The van der Waals surface area contributed by atoms with E-state index in [0.717, 1.165) is 15.6 Å². The average Bonchev–Trinajstić information content (AvgIpc) is 2.29. The molecule has 0 bridgehead atoms. The number of phenolic OH excluding ortho intramolecular Hbond substituents is 1. The zero-order chi connectivity index (χ0) is 11.5. The first kappa shape index (κ1) is 11.5. The van der Waals surface area contributed by atoms with E-state index in [2.05, 4.69) is 15.9 Å². The molecule has 0 spiro atoms. The van der Waals surface area contributed by atoms with Crippen LogP contribution in [0.2, 0.25) is 0 Å². The van der Waals surface area contributed by atoms with Crippen molar-refractivity contribution in [2.75, 3.05) is 0 Å². The van der Waals surface area contributed by atoms with Gasteiger partial charge in [-0.05, 0) is 35.4 Å². The molecular formula is C13H10BrClO. The molecule has 1 unspecified atom stereocenters. The quantitative estimate of drug-likeness (QED) is 0.810. The molecular weight excluding hydrogens is 287 g/mol. The lowest BCUT2D eigenvalue weighted by molar-refractivity contribution is 0.474. The molecule has 0 heterocycles. The molecule has 0 radical (unpaired) electrons. The monoisotopic (exact) mass is 296 g/mol. The number of hydrogen-bond acceptors (Lipinski definition) is 1. The van der Waals surface area contributed by atoms with Gasteiger partial charge >= 0.3 is 0 Å². The Morgan fingerprint density at radius 1 is 1.00 bits per heavy atom. The molecule has 0 aliphatic rings. The van der Waals surface area contributed by atoms with Gasteiger partial charge in [-0.3, -0.25) is 0 Å². The number of benzene rings is 2. The third kappa shape index (κ3) is 2.57. The van der Waals surface area contributed by atoms with E-state index >= 15 is 0 Å². The smallest absolute Gasteiger partial charge is 0.115 e. The fourth-order valence-electron chi connectivity index (χ4n) is 1.51. The molecule has 82 valence electrons. The Balaban J connectivity index is 2.31. The van der Waals surface area contributed by atoms with Crippen LogP contribution in [-0.2, 0) is 0 Å². The van der Waals surface area contributed by atoms with E-state index < -0.39 is 0 Å². The predicted octanol–water partition coefficient (Wildman–Crippen LogP) is 4.48. The fraction of sp³-hybridized carbons (Fsp3) is 0.0769. The highest BCUT2D eigenvalue weighted by molar-refractivity contribution is 9.10. The largest absolute Gasteiger partial charge is 0.508 e. The second-order valence-electron chi connectivity index (χ2n) is 3.51. The summed E-state index contributed by atoms with van der Waals surface area (Å²) in [5.74, 6) is 0.236. The maximum Gasteiger partial charge on any atom is 0.115 e. The van der Waals surface area contributed by atoms with Gasteiger partial charge in [0.1, 0.15) is 5.75 Å². The summed E-state index contributed by atoms with van der Waals surface area (Å²) in [7, 11) is 0. The van der Waals surface area contributed by atoms with Crippen molar-refractivity contribution < 1.29 is 5.11 Å². The highest BCUT2D eigenvalue weighted by atomic mass is 79.9. The van der Waals surface area contributed by atoms with Crippen molar-refractivity contribution in [2.45, 2.75) is 5.38 Å². The molecule has 2 rings (SSSR count). The Hall–Kier alpha value is -0.990. The van der Waals surface area contributed by atoms with Crippen LogP contribution < -0.4 is 0 Å². The zero-order valence-electron chi connectivity index (χ0n) is 8.40. The van der Waals surface area contributed by atoms with E-state index in [4.69, 9.17) is 11.6 Å².